The number of thiophene rings is 1. The SMILES string of the molecule is CC(C)N(CC1CCCN1)C(=O)c1cc2c(s1)CCCC2. The Hall–Kier alpha value is -0.870. The topological polar surface area (TPSA) is 32.3 Å². The molecular weight excluding hydrogens is 280 g/mol. The van der Waals surface area contributed by atoms with Crippen LogP contribution in [0, 0.1) is 0 Å². The van der Waals surface area contributed by atoms with E-state index in [9.17, 15) is 4.79 Å². The fourth-order valence-electron chi connectivity index (χ4n) is 3.42. The molecule has 1 aliphatic carbocycles. The van der Waals surface area contributed by atoms with Gasteiger partial charge in [-0.2, -0.15) is 0 Å². The van der Waals surface area contributed by atoms with Crippen LogP contribution >= 0.6 is 11.3 Å². The Bertz CT molecular complexity index is 479. The zero-order chi connectivity index (χ0) is 14.8. The molecule has 0 saturated carbocycles. The number of carbonyl (C=O) groups excluding carboxylic acids is 1. The van der Waals surface area contributed by atoms with Gasteiger partial charge in [-0.25, -0.2) is 0 Å². The normalized spacial score (nSPS) is 21.6. The van der Waals surface area contributed by atoms with Crippen LogP contribution in [0.3, 0.4) is 0 Å². The maximum atomic E-state index is 12.9. The molecule has 3 nitrogen and oxygen atoms in total. The maximum Gasteiger partial charge on any atom is 0.264 e. The van der Waals surface area contributed by atoms with Crippen LogP contribution in [0.15, 0.2) is 6.07 Å². The van der Waals surface area contributed by atoms with E-state index in [0.29, 0.717) is 6.04 Å². The lowest BCUT2D eigenvalue weighted by atomic mass is 9.99. The monoisotopic (exact) mass is 306 g/mol. The van der Waals surface area contributed by atoms with Crippen LogP contribution in [0.25, 0.3) is 0 Å². The summed E-state index contributed by atoms with van der Waals surface area (Å²) >= 11 is 1.74. The van der Waals surface area contributed by atoms with Crippen molar-refractivity contribution in [3.63, 3.8) is 0 Å². The third-order valence-electron chi connectivity index (χ3n) is 4.67. The van der Waals surface area contributed by atoms with Crippen LogP contribution in [0.5, 0.6) is 0 Å². The summed E-state index contributed by atoms with van der Waals surface area (Å²) in [6.45, 7) is 6.19. The molecule has 21 heavy (non-hydrogen) atoms. The quantitative estimate of drug-likeness (QED) is 0.926. The molecule has 4 heteroatoms. The predicted octanol–water partition coefficient (Wildman–Crippen LogP) is 3.23. The third kappa shape index (κ3) is 3.32. The maximum absolute atomic E-state index is 12.9. The van der Waals surface area contributed by atoms with E-state index in [2.05, 4.69) is 30.1 Å². The van der Waals surface area contributed by atoms with Gasteiger partial charge in [-0.05, 0) is 70.5 Å². The Morgan fingerprint density at radius 2 is 2.19 bits per heavy atom. The van der Waals surface area contributed by atoms with Crippen molar-refractivity contribution in [1.82, 2.24) is 10.2 Å². The van der Waals surface area contributed by atoms with Crippen LogP contribution in [-0.2, 0) is 12.8 Å². The van der Waals surface area contributed by atoms with Gasteiger partial charge in [0.2, 0.25) is 0 Å². The molecule has 1 amide bonds. The lowest BCUT2D eigenvalue weighted by molar-refractivity contribution is 0.0694. The van der Waals surface area contributed by atoms with Crippen LogP contribution < -0.4 is 5.32 Å². The van der Waals surface area contributed by atoms with E-state index in [0.717, 1.165) is 24.4 Å². The molecule has 2 aliphatic rings. The van der Waals surface area contributed by atoms with Crippen LogP contribution in [0.2, 0.25) is 0 Å². The molecule has 1 aromatic heterocycles. The molecule has 1 atom stereocenters. The molecule has 0 aromatic carbocycles. The van der Waals surface area contributed by atoms with Crippen molar-refractivity contribution in [2.75, 3.05) is 13.1 Å². The Morgan fingerprint density at radius 3 is 2.86 bits per heavy atom. The molecular formula is C17H26N2OS. The summed E-state index contributed by atoms with van der Waals surface area (Å²) in [4.78, 5) is 17.4. The second kappa shape index (κ2) is 6.49. The first-order valence-corrected chi connectivity index (χ1v) is 9.12. The number of aryl methyl sites for hydroxylation is 2. The van der Waals surface area contributed by atoms with Crippen LogP contribution in [0.1, 0.15) is 59.6 Å². The molecule has 1 saturated heterocycles. The highest BCUT2D eigenvalue weighted by Crippen LogP contribution is 2.30. The van der Waals surface area contributed by atoms with Gasteiger partial charge in [-0.15, -0.1) is 11.3 Å². The standard InChI is InChI=1S/C17H26N2OS/c1-12(2)19(11-14-7-5-9-18-14)17(20)16-10-13-6-3-4-8-15(13)21-16/h10,12,14,18H,3-9,11H2,1-2H3. The number of rotatable bonds is 4. The minimum Gasteiger partial charge on any atom is -0.334 e. The van der Waals surface area contributed by atoms with Crippen molar-refractivity contribution in [2.24, 2.45) is 0 Å². The predicted molar refractivity (Wildman–Crippen MR) is 88.2 cm³/mol. The van der Waals surface area contributed by atoms with E-state index in [1.807, 2.05) is 0 Å². The number of fused-ring (bicyclic) bond motifs is 1. The summed E-state index contributed by atoms with van der Waals surface area (Å²) in [6.07, 6.45) is 7.30. The second-order valence-corrected chi connectivity index (χ2v) is 7.75. The van der Waals surface area contributed by atoms with Gasteiger partial charge in [0.25, 0.3) is 5.91 Å². The van der Waals surface area contributed by atoms with Crippen LogP contribution in [-0.4, -0.2) is 36.0 Å². The largest absolute Gasteiger partial charge is 0.334 e. The molecule has 2 heterocycles. The van der Waals surface area contributed by atoms with E-state index >= 15 is 0 Å². The number of nitrogens with zero attached hydrogens (tertiary/aromatic N) is 1. The minimum atomic E-state index is 0.234. The summed E-state index contributed by atoms with van der Waals surface area (Å²) in [6, 6.07) is 2.91. The van der Waals surface area contributed by atoms with E-state index in [1.54, 1.807) is 11.3 Å². The van der Waals surface area contributed by atoms with Crippen molar-refractivity contribution < 1.29 is 4.79 Å². The first kappa shape index (κ1) is 15.0. The average Bonchev–Trinajstić information content (AvgIpc) is 3.12. The van der Waals surface area contributed by atoms with Crippen molar-refractivity contribution in [3.8, 4) is 0 Å². The molecule has 1 aliphatic heterocycles. The number of carbonyl (C=O) groups is 1. The van der Waals surface area contributed by atoms with Gasteiger partial charge in [0, 0.05) is 23.5 Å². The number of amides is 1. The highest BCUT2D eigenvalue weighted by Gasteiger charge is 2.26. The molecule has 116 valence electrons. The smallest absolute Gasteiger partial charge is 0.264 e. The zero-order valence-corrected chi connectivity index (χ0v) is 14.0. The third-order valence-corrected chi connectivity index (χ3v) is 5.90. The Labute approximate surface area is 131 Å². The van der Waals surface area contributed by atoms with E-state index in [1.165, 1.54) is 42.5 Å². The number of hydrogen-bond acceptors (Lipinski definition) is 3. The van der Waals surface area contributed by atoms with E-state index < -0.39 is 0 Å². The molecule has 0 spiro atoms. The highest BCUT2D eigenvalue weighted by atomic mass is 32.1. The fraction of sp³-hybridized carbons (Fsp3) is 0.706. The summed E-state index contributed by atoms with van der Waals surface area (Å²) in [5.74, 6) is 0.234. The van der Waals surface area contributed by atoms with Gasteiger partial charge in [0.1, 0.15) is 0 Å². The highest BCUT2D eigenvalue weighted by molar-refractivity contribution is 7.14. The minimum absolute atomic E-state index is 0.234. The molecule has 0 radical (unpaired) electrons. The molecule has 1 aromatic rings. The van der Waals surface area contributed by atoms with E-state index in [-0.39, 0.29) is 11.9 Å². The van der Waals surface area contributed by atoms with Gasteiger partial charge >= 0.3 is 0 Å². The van der Waals surface area contributed by atoms with Gasteiger partial charge in [0.15, 0.2) is 0 Å². The van der Waals surface area contributed by atoms with Gasteiger partial charge in [-0.1, -0.05) is 0 Å². The summed E-state index contributed by atoms with van der Waals surface area (Å²) in [5.41, 5.74) is 1.43. The van der Waals surface area contributed by atoms with Gasteiger partial charge in [0.05, 0.1) is 4.88 Å². The van der Waals surface area contributed by atoms with Crippen molar-refractivity contribution in [3.05, 3.63) is 21.4 Å². The lowest BCUT2D eigenvalue weighted by Gasteiger charge is -2.29. The van der Waals surface area contributed by atoms with Gasteiger partial charge in [-0.3, -0.25) is 4.79 Å². The lowest BCUT2D eigenvalue weighted by Crippen LogP contribution is -2.44. The summed E-state index contributed by atoms with van der Waals surface area (Å²) in [7, 11) is 0. The molecule has 0 bridgehead atoms. The van der Waals surface area contributed by atoms with Crippen molar-refractivity contribution >= 4 is 17.2 Å². The number of hydrogen-bond donors (Lipinski definition) is 1. The number of nitrogens with one attached hydrogen (secondary N) is 1. The Morgan fingerprint density at radius 1 is 1.38 bits per heavy atom. The van der Waals surface area contributed by atoms with Crippen LogP contribution in [0.4, 0.5) is 0 Å². The molecule has 1 fully saturated rings. The average molecular weight is 306 g/mol. The second-order valence-electron chi connectivity index (χ2n) is 6.61. The van der Waals surface area contributed by atoms with Crippen molar-refractivity contribution in [2.45, 2.75) is 64.5 Å². The molecule has 1 unspecified atom stereocenters. The summed E-state index contributed by atoms with van der Waals surface area (Å²) in [5, 5.41) is 3.51. The van der Waals surface area contributed by atoms with Crippen molar-refractivity contribution in [1.29, 1.82) is 0 Å². The summed E-state index contributed by atoms with van der Waals surface area (Å²) < 4.78 is 0. The van der Waals surface area contributed by atoms with E-state index in [4.69, 9.17) is 0 Å². The zero-order valence-electron chi connectivity index (χ0n) is 13.2. The first-order valence-electron chi connectivity index (χ1n) is 8.31. The Kier molecular flexibility index (Phi) is 4.65. The fourth-order valence-corrected chi connectivity index (χ4v) is 4.63. The molecule has 3 rings (SSSR count). The molecule has 1 N–H and O–H groups in total. The first-order chi connectivity index (χ1) is 10.1. The Balaban J connectivity index is 1.75. The van der Waals surface area contributed by atoms with Gasteiger partial charge < -0.3 is 10.2 Å².